The Morgan fingerprint density at radius 1 is 0.830 bits per heavy atom. The highest BCUT2D eigenvalue weighted by Crippen LogP contribution is 2.66. The molecule has 0 radical (unpaired) electrons. The predicted molar refractivity (Wildman–Crippen MR) is 177 cm³/mol. The van der Waals surface area contributed by atoms with Crippen molar-refractivity contribution in [3.63, 3.8) is 0 Å². The fourth-order valence-electron chi connectivity index (χ4n) is 10.2. The molecule has 0 aromatic heterocycles. The normalized spacial score (nSPS) is 35.0. The quantitative estimate of drug-likeness (QED) is 0.0830. The number of aliphatic hydroxyl groups excluding tert-OH is 1. The SMILES string of the molecule is C[C@]12CCC(=O)CC1CC[C@@H]1[C@H]2C(OCCCCCCCCCCCCC[S+]([O-])CCCC(F)(F)C(F)(F)F)C[C@]2(C)C(O)CC[C@@H]12. The van der Waals surface area contributed by atoms with Crippen LogP contribution >= 0.6 is 0 Å². The number of ketones is 1. The van der Waals surface area contributed by atoms with Crippen LogP contribution in [0.2, 0.25) is 0 Å². The Bertz CT molecular complexity index is 981. The smallest absolute Gasteiger partial charge is 0.453 e. The monoisotopic (exact) mass is 696 g/mol. The molecule has 9 atom stereocenters. The lowest BCUT2D eigenvalue weighted by molar-refractivity contribution is -0.284. The Labute approximate surface area is 283 Å². The molecule has 0 aromatic rings. The summed E-state index contributed by atoms with van der Waals surface area (Å²) in [4.78, 5) is 12.4. The molecule has 4 nitrogen and oxygen atoms in total. The van der Waals surface area contributed by atoms with Crippen molar-refractivity contribution in [1.29, 1.82) is 0 Å². The van der Waals surface area contributed by atoms with Crippen LogP contribution in [-0.4, -0.2) is 57.9 Å². The molecule has 0 heterocycles. The van der Waals surface area contributed by atoms with Crippen LogP contribution in [0.15, 0.2) is 0 Å². The predicted octanol–water partition coefficient (Wildman–Crippen LogP) is 9.97. The third kappa shape index (κ3) is 9.87. The van der Waals surface area contributed by atoms with Crippen molar-refractivity contribution in [3.8, 4) is 0 Å². The fourth-order valence-corrected chi connectivity index (χ4v) is 11.4. The zero-order valence-electron chi connectivity index (χ0n) is 28.9. The second-order valence-electron chi connectivity index (χ2n) is 16.1. The number of unbranched alkanes of at least 4 members (excludes halogenated alkanes) is 10. The first-order chi connectivity index (χ1) is 22.2. The molecule has 0 aromatic carbocycles. The first kappa shape index (κ1) is 39.3. The maximum atomic E-state index is 12.9. The molecule has 0 bridgehead atoms. The summed E-state index contributed by atoms with van der Waals surface area (Å²) in [5, 5.41) is 11.0. The second-order valence-corrected chi connectivity index (χ2v) is 17.8. The van der Waals surface area contributed by atoms with E-state index >= 15 is 0 Å². The van der Waals surface area contributed by atoms with Gasteiger partial charge in [-0.2, -0.15) is 22.0 Å². The lowest BCUT2D eigenvalue weighted by Crippen LogP contribution is -2.60. The number of fused-ring (bicyclic) bond motifs is 5. The van der Waals surface area contributed by atoms with Crippen LogP contribution < -0.4 is 0 Å². The minimum absolute atomic E-state index is 0.0522. The van der Waals surface area contributed by atoms with Gasteiger partial charge in [-0.25, -0.2) is 0 Å². The van der Waals surface area contributed by atoms with Gasteiger partial charge in [0.2, 0.25) is 0 Å². The Morgan fingerprint density at radius 2 is 1.43 bits per heavy atom. The van der Waals surface area contributed by atoms with E-state index in [0.717, 1.165) is 83.7 Å². The number of aliphatic hydroxyl groups is 1. The van der Waals surface area contributed by atoms with Gasteiger partial charge in [-0.3, -0.25) is 4.79 Å². The molecule has 10 heteroatoms. The number of ether oxygens (including phenoxy) is 1. The summed E-state index contributed by atoms with van der Waals surface area (Å²) < 4.78 is 81.2. The number of hydrogen-bond acceptors (Lipinski definition) is 4. The molecule has 4 rings (SSSR count). The second kappa shape index (κ2) is 17.2. The van der Waals surface area contributed by atoms with E-state index in [-0.39, 0.29) is 35.2 Å². The van der Waals surface area contributed by atoms with Crippen LogP contribution in [0.25, 0.3) is 0 Å². The highest BCUT2D eigenvalue weighted by Gasteiger charge is 2.63. The Morgan fingerprint density at radius 3 is 2.06 bits per heavy atom. The van der Waals surface area contributed by atoms with Crippen molar-refractivity contribution in [2.75, 3.05) is 18.1 Å². The van der Waals surface area contributed by atoms with Crippen LogP contribution in [0, 0.1) is 34.5 Å². The van der Waals surface area contributed by atoms with E-state index in [9.17, 15) is 36.4 Å². The summed E-state index contributed by atoms with van der Waals surface area (Å²) in [5.74, 6) is -1.86. The van der Waals surface area contributed by atoms with Crippen molar-refractivity contribution < 1.29 is 41.1 Å². The van der Waals surface area contributed by atoms with Crippen LogP contribution in [0.3, 0.4) is 0 Å². The number of carbonyl (C=O) groups is 1. The molecule has 0 saturated heterocycles. The van der Waals surface area contributed by atoms with E-state index in [4.69, 9.17) is 4.74 Å². The van der Waals surface area contributed by atoms with Crippen molar-refractivity contribution >= 4 is 17.0 Å². The highest BCUT2D eigenvalue weighted by molar-refractivity contribution is 7.91. The van der Waals surface area contributed by atoms with Crippen LogP contribution in [0.1, 0.15) is 149 Å². The summed E-state index contributed by atoms with van der Waals surface area (Å²) in [6.07, 6.45) is 12.4. The van der Waals surface area contributed by atoms with Gasteiger partial charge in [-0.1, -0.05) is 76.4 Å². The van der Waals surface area contributed by atoms with Crippen molar-refractivity contribution in [2.45, 2.75) is 173 Å². The van der Waals surface area contributed by atoms with E-state index in [0.29, 0.717) is 48.0 Å². The summed E-state index contributed by atoms with van der Waals surface area (Å²) >= 11 is -1.34. The molecular formula is C37H61F5O4S. The molecule has 4 fully saturated rings. The van der Waals surface area contributed by atoms with Gasteiger partial charge in [0.05, 0.1) is 12.2 Å². The zero-order chi connectivity index (χ0) is 34.3. The average molecular weight is 697 g/mol. The fraction of sp³-hybridized carbons (Fsp3) is 0.973. The van der Waals surface area contributed by atoms with Gasteiger partial charge in [0.1, 0.15) is 17.3 Å². The molecule has 4 aliphatic rings. The molecule has 274 valence electrons. The Kier molecular flexibility index (Phi) is 14.4. The topological polar surface area (TPSA) is 69.6 Å². The molecule has 0 amide bonds. The number of halogens is 5. The number of carbonyl (C=O) groups excluding carboxylic acids is 1. The molecule has 0 spiro atoms. The summed E-state index contributed by atoms with van der Waals surface area (Å²) in [6, 6.07) is 0. The molecule has 47 heavy (non-hydrogen) atoms. The van der Waals surface area contributed by atoms with Gasteiger partial charge < -0.3 is 14.4 Å². The first-order valence-electron chi connectivity index (χ1n) is 18.8. The largest absolute Gasteiger partial charge is 0.616 e. The summed E-state index contributed by atoms with van der Waals surface area (Å²) in [7, 11) is 0. The third-order valence-corrected chi connectivity index (χ3v) is 14.5. The van der Waals surface area contributed by atoms with Crippen molar-refractivity contribution in [1.82, 2.24) is 0 Å². The third-order valence-electron chi connectivity index (χ3n) is 13.0. The molecule has 0 aliphatic heterocycles. The lowest BCUT2D eigenvalue weighted by Gasteiger charge is -2.62. The molecule has 4 unspecified atom stereocenters. The number of alkyl halides is 5. The van der Waals surface area contributed by atoms with Gasteiger partial charge in [0.15, 0.2) is 0 Å². The van der Waals surface area contributed by atoms with Crippen LogP contribution in [0.4, 0.5) is 22.0 Å². The van der Waals surface area contributed by atoms with Crippen LogP contribution in [-0.2, 0) is 20.7 Å². The summed E-state index contributed by atoms with van der Waals surface area (Å²) in [5.41, 5.74) is 0.115. The maximum absolute atomic E-state index is 12.9. The van der Waals surface area contributed by atoms with E-state index in [1.807, 2.05) is 0 Å². The molecular weight excluding hydrogens is 635 g/mol. The van der Waals surface area contributed by atoms with Gasteiger partial charge in [0.25, 0.3) is 0 Å². The first-order valence-corrected chi connectivity index (χ1v) is 20.3. The Balaban J connectivity index is 1.04. The Hall–Kier alpha value is -0.450. The summed E-state index contributed by atoms with van der Waals surface area (Å²) in [6.45, 7) is 5.54. The van der Waals surface area contributed by atoms with Gasteiger partial charge in [-0.15, -0.1) is 0 Å². The standard InChI is InChI=1S/C37H61F5O4S/c1-34-21-19-28(43)25-27(34)15-16-29-30-17-18-32(44)35(30,2)26-31(33(29)34)46-22-12-10-8-6-4-3-5-7-9-11-13-23-47(45)24-14-20-36(38,39)37(40,41)42/h27,29-33,44H,3-26H2,1-2H3/t27?,29-,30-,31?,32?,33-,34-,35-,47?/m0/s1. The highest BCUT2D eigenvalue weighted by atomic mass is 32.2. The van der Waals surface area contributed by atoms with E-state index < -0.39 is 29.7 Å². The van der Waals surface area contributed by atoms with Gasteiger partial charge in [-0.05, 0) is 98.7 Å². The van der Waals surface area contributed by atoms with E-state index in [2.05, 4.69) is 13.8 Å². The van der Waals surface area contributed by atoms with Crippen LogP contribution in [0.5, 0.6) is 0 Å². The van der Waals surface area contributed by atoms with Crippen molar-refractivity contribution in [3.05, 3.63) is 0 Å². The lowest BCUT2D eigenvalue weighted by atomic mass is 9.44. The molecule has 4 aliphatic carbocycles. The number of Topliss-reactive ketones (excluding diaryl/α,β-unsaturated/α-hetero) is 1. The molecule has 4 saturated carbocycles. The zero-order valence-corrected chi connectivity index (χ0v) is 29.7. The average Bonchev–Trinajstić information content (AvgIpc) is 3.30. The number of rotatable bonds is 19. The minimum Gasteiger partial charge on any atom is -0.616 e. The maximum Gasteiger partial charge on any atom is 0.453 e. The minimum atomic E-state index is -5.54. The van der Waals surface area contributed by atoms with Gasteiger partial charge in [0, 0.05) is 25.9 Å². The van der Waals surface area contributed by atoms with Crippen molar-refractivity contribution in [2.24, 2.45) is 34.5 Å². The van der Waals surface area contributed by atoms with E-state index in [1.165, 1.54) is 32.1 Å². The number of hydrogen-bond donors (Lipinski definition) is 1. The van der Waals surface area contributed by atoms with E-state index in [1.54, 1.807) is 0 Å². The van der Waals surface area contributed by atoms with Gasteiger partial charge >= 0.3 is 12.1 Å². The molecule has 1 N–H and O–H groups in total.